The molecule has 0 saturated carbocycles. The van der Waals surface area contributed by atoms with Crippen molar-refractivity contribution in [2.75, 3.05) is 6.54 Å². The smallest absolute Gasteiger partial charge is 0.293 e. The highest BCUT2D eigenvalue weighted by molar-refractivity contribution is 8.18. The van der Waals surface area contributed by atoms with E-state index in [4.69, 9.17) is 4.42 Å². The molecular weight excluding hydrogens is 428 g/mol. The Morgan fingerprint density at radius 3 is 2.62 bits per heavy atom. The fourth-order valence-corrected chi connectivity index (χ4v) is 4.32. The average Bonchev–Trinajstić information content (AvgIpc) is 3.34. The van der Waals surface area contributed by atoms with Crippen LogP contribution in [0.1, 0.15) is 23.3 Å². The highest BCUT2D eigenvalue weighted by atomic mass is 32.2. The standard InChI is InChI=1S/C24H20N2O5S/c1-16-9-10-18(26(29)30)14-20(16)21-12-11-19(31-21)15-22-23(27)25(24(28)32-22)13-5-8-17-6-3-2-4-7-17/h2-4,6-7,9-12,14-15H,5,8,13H2,1H3/b22-15+. The summed E-state index contributed by atoms with van der Waals surface area (Å²) in [6.07, 6.45) is 3.01. The predicted molar refractivity (Wildman–Crippen MR) is 123 cm³/mol. The van der Waals surface area contributed by atoms with Gasteiger partial charge >= 0.3 is 0 Å². The summed E-state index contributed by atoms with van der Waals surface area (Å²) in [6.45, 7) is 2.19. The first-order chi connectivity index (χ1) is 15.4. The van der Waals surface area contributed by atoms with Crippen LogP contribution in [-0.2, 0) is 11.2 Å². The number of imide groups is 1. The lowest BCUT2D eigenvalue weighted by atomic mass is 10.1. The van der Waals surface area contributed by atoms with E-state index in [0.717, 1.165) is 29.3 Å². The molecule has 0 atom stereocenters. The number of thioether (sulfide) groups is 1. The summed E-state index contributed by atoms with van der Waals surface area (Å²) in [5, 5.41) is 10.8. The van der Waals surface area contributed by atoms with Crippen molar-refractivity contribution in [3.05, 3.63) is 92.6 Å². The molecule has 2 heterocycles. The van der Waals surface area contributed by atoms with Crippen molar-refractivity contribution in [2.45, 2.75) is 19.8 Å². The van der Waals surface area contributed by atoms with E-state index in [1.807, 2.05) is 37.3 Å². The molecule has 0 spiro atoms. The largest absolute Gasteiger partial charge is 0.457 e. The van der Waals surface area contributed by atoms with Gasteiger partial charge in [0.05, 0.1) is 9.83 Å². The second-order valence-corrected chi connectivity index (χ2v) is 8.37. The number of amides is 2. The summed E-state index contributed by atoms with van der Waals surface area (Å²) in [5.41, 5.74) is 2.57. The molecule has 1 aliphatic rings. The zero-order valence-corrected chi connectivity index (χ0v) is 18.1. The number of nitrogens with zero attached hydrogens (tertiary/aromatic N) is 2. The van der Waals surface area contributed by atoms with Crippen molar-refractivity contribution in [3.63, 3.8) is 0 Å². The van der Waals surface area contributed by atoms with Crippen molar-refractivity contribution in [1.82, 2.24) is 4.90 Å². The molecule has 32 heavy (non-hydrogen) atoms. The molecule has 1 aromatic heterocycles. The second-order valence-electron chi connectivity index (χ2n) is 7.38. The van der Waals surface area contributed by atoms with Gasteiger partial charge in [-0.05, 0) is 54.8 Å². The van der Waals surface area contributed by atoms with Crippen LogP contribution in [0.5, 0.6) is 0 Å². The summed E-state index contributed by atoms with van der Waals surface area (Å²) >= 11 is 0.887. The lowest BCUT2D eigenvalue weighted by molar-refractivity contribution is -0.384. The van der Waals surface area contributed by atoms with Gasteiger partial charge in [-0.15, -0.1) is 0 Å². The van der Waals surface area contributed by atoms with E-state index in [1.54, 1.807) is 18.2 Å². The minimum absolute atomic E-state index is 0.0276. The van der Waals surface area contributed by atoms with Crippen molar-refractivity contribution < 1.29 is 18.9 Å². The molecule has 8 heteroatoms. The maximum absolute atomic E-state index is 12.7. The Balaban J connectivity index is 1.46. The van der Waals surface area contributed by atoms with E-state index < -0.39 is 4.92 Å². The van der Waals surface area contributed by atoms with Gasteiger partial charge in [0.2, 0.25) is 0 Å². The topological polar surface area (TPSA) is 93.7 Å². The van der Waals surface area contributed by atoms with Gasteiger partial charge in [0.15, 0.2) is 0 Å². The monoisotopic (exact) mass is 448 g/mol. The van der Waals surface area contributed by atoms with E-state index in [-0.39, 0.29) is 16.8 Å². The van der Waals surface area contributed by atoms with Crippen LogP contribution >= 0.6 is 11.8 Å². The molecule has 0 bridgehead atoms. The Morgan fingerprint density at radius 1 is 1.09 bits per heavy atom. The summed E-state index contributed by atoms with van der Waals surface area (Å²) in [5.74, 6) is 0.526. The number of carbonyl (C=O) groups excluding carboxylic acids is 2. The third-order valence-corrected chi connectivity index (χ3v) is 6.07. The van der Waals surface area contributed by atoms with E-state index in [0.29, 0.717) is 35.0 Å². The molecular formula is C24H20N2O5S. The van der Waals surface area contributed by atoms with Crippen LogP contribution in [0.2, 0.25) is 0 Å². The first-order valence-electron chi connectivity index (χ1n) is 10.1. The van der Waals surface area contributed by atoms with Crippen LogP contribution in [0.3, 0.4) is 0 Å². The molecule has 1 fully saturated rings. The van der Waals surface area contributed by atoms with Crippen LogP contribution in [0.25, 0.3) is 17.4 Å². The fraction of sp³-hybridized carbons (Fsp3) is 0.167. The average molecular weight is 449 g/mol. The molecule has 0 unspecified atom stereocenters. The van der Waals surface area contributed by atoms with Gasteiger partial charge in [-0.25, -0.2) is 0 Å². The molecule has 2 amide bonds. The van der Waals surface area contributed by atoms with Gasteiger partial charge in [0, 0.05) is 30.3 Å². The first-order valence-corrected chi connectivity index (χ1v) is 10.9. The minimum Gasteiger partial charge on any atom is -0.457 e. The number of nitro groups is 1. The quantitative estimate of drug-likeness (QED) is 0.256. The molecule has 162 valence electrons. The molecule has 2 aromatic carbocycles. The number of hydrogen-bond acceptors (Lipinski definition) is 6. The SMILES string of the molecule is Cc1ccc([N+](=O)[O-])cc1-c1ccc(/C=C2/SC(=O)N(CCCc3ccccc3)C2=O)o1. The number of rotatable bonds is 7. The lowest BCUT2D eigenvalue weighted by Gasteiger charge is -2.11. The zero-order valence-electron chi connectivity index (χ0n) is 17.3. The number of nitro benzene ring substituents is 1. The van der Waals surface area contributed by atoms with E-state index in [2.05, 4.69) is 0 Å². The van der Waals surface area contributed by atoms with E-state index in [1.165, 1.54) is 23.1 Å². The first kappa shape index (κ1) is 21.6. The van der Waals surface area contributed by atoms with Crippen LogP contribution in [0.4, 0.5) is 10.5 Å². The van der Waals surface area contributed by atoms with Crippen LogP contribution < -0.4 is 0 Å². The van der Waals surface area contributed by atoms with Gasteiger partial charge in [0.25, 0.3) is 16.8 Å². The fourth-order valence-electron chi connectivity index (χ4n) is 3.47. The number of hydrogen-bond donors (Lipinski definition) is 0. The Hall–Kier alpha value is -3.65. The highest BCUT2D eigenvalue weighted by Crippen LogP contribution is 2.34. The van der Waals surface area contributed by atoms with Crippen molar-refractivity contribution in [2.24, 2.45) is 0 Å². The Kier molecular flexibility index (Phi) is 6.23. The summed E-state index contributed by atoms with van der Waals surface area (Å²) in [7, 11) is 0. The predicted octanol–water partition coefficient (Wildman–Crippen LogP) is 5.83. The summed E-state index contributed by atoms with van der Waals surface area (Å²) < 4.78 is 5.81. The molecule has 3 aromatic rings. The number of furan rings is 1. The minimum atomic E-state index is -0.458. The Morgan fingerprint density at radius 2 is 1.88 bits per heavy atom. The number of carbonyl (C=O) groups is 2. The normalized spacial score (nSPS) is 15.0. The zero-order chi connectivity index (χ0) is 22.7. The second kappa shape index (κ2) is 9.23. The van der Waals surface area contributed by atoms with E-state index >= 15 is 0 Å². The van der Waals surface area contributed by atoms with Crippen molar-refractivity contribution in [1.29, 1.82) is 0 Å². The Labute approximate surface area is 188 Å². The molecule has 1 aliphatic heterocycles. The number of non-ortho nitro benzene ring substituents is 1. The van der Waals surface area contributed by atoms with Crippen molar-refractivity contribution >= 4 is 34.7 Å². The van der Waals surface area contributed by atoms with Crippen molar-refractivity contribution in [3.8, 4) is 11.3 Å². The summed E-state index contributed by atoms with van der Waals surface area (Å²) in [4.78, 5) is 37.2. The molecule has 4 rings (SSSR count). The molecule has 0 N–H and O–H groups in total. The van der Waals surface area contributed by atoms with Gasteiger partial charge in [-0.2, -0.15) is 0 Å². The Bertz CT molecular complexity index is 1220. The lowest BCUT2D eigenvalue weighted by Crippen LogP contribution is -2.29. The van der Waals surface area contributed by atoms with Gasteiger partial charge in [0.1, 0.15) is 11.5 Å². The maximum Gasteiger partial charge on any atom is 0.293 e. The maximum atomic E-state index is 12.7. The molecule has 0 radical (unpaired) electrons. The van der Waals surface area contributed by atoms with Gasteiger partial charge in [-0.1, -0.05) is 36.4 Å². The van der Waals surface area contributed by atoms with E-state index in [9.17, 15) is 19.7 Å². The van der Waals surface area contributed by atoms with Crippen LogP contribution in [0.15, 0.2) is 70.0 Å². The third kappa shape index (κ3) is 4.65. The van der Waals surface area contributed by atoms with Gasteiger partial charge in [-0.3, -0.25) is 24.6 Å². The highest BCUT2D eigenvalue weighted by Gasteiger charge is 2.34. The van der Waals surface area contributed by atoms with Crippen LogP contribution in [0, 0.1) is 17.0 Å². The number of benzene rings is 2. The van der Waals surface area contributed by atoms with Gasteiger partial charge < -0.3 is 4.42 Å². The molecule has 1 saturated heterocycles. The van der Waals surface area contributed by atoms with Crippen LogP contribution in [-0.4, -0.2) is 27.5 Å². The summed E-state index contributed by atoms with van der Waals surface area (Å²) in [6, 6.07) is 17.8. The molecule has 7 nitrogen and oxygen atoms in total. The molecule has 0 aliphatic carbocycles. The third-order valence-electron chi connectivity index (χ3n) is 5.16. The number of aryl methyl sites for hydroxylation is 2.